The molecule has 0 bridgehead atoms. The van der Waals surface area contributed by atoms with Crippen molar-refractivity contribution < 1.29 is 13.2 Å². The van der Waals surface area contributed by atoms with E-state index in [0.717, 1.165) is 17.8 Å². The second kappa shape index (κ2) is 7.61. The normalized spacial score (nSPS) is 11.9. The molecule has 26 heavy (non-hydrogen) atoms. The van der Waals surface area contributed by atoms with Crippen LogP contribution in [0.5, 0.6) is 0 Å². The van der Waals surface area contributed by atoms with Crippen LogP contribution in [0, 0.1) is 0 Å². The van der Waals surface area contributed by atoms with Crippen molar-refractivity contribution in [3.63, 3.8) is 0 Å². The predicted molar refractivity (Wildman–Crippen MR) is 98.0 cm³/mol. The van der Waals surface area contributed by atoms with Gasteiger partial charge in [0.1, 0.15) is 11.4 Å². The molecule has 0 amide bonds. The lowest BCUT2D eigenvalue weighted by Gasteiger charge is -2.07. The van der Waals surface area contributed by atoms with Crippen LogP contribution in [0.15, 0.2) is 47.0 Å². The van der Waals surface area contributed by atoms with Gasteiger partial charge in [0.05, 0.1) is 16.8 Å². The van der Waals surface area contributed by atoms with Gasteiger partial charge in [-0.15, -0.1) is 11.3 Å². The van der Waals surface area contributed by atoms with Crippen LogP contribution >= 0.6 is 34.5 Å². The first-order valence-electron chi connectivity index (χ1n) is 7.06. The lowest BCUT2D eigenvalue weighted by molar-refractivity contribution is -0.137. The molecule has 0 atom stereocenters. The maximum absolute atomic E-state index is 12.7. The monoisotopic (exact) mass is 416 g/mol. The highest BCUT2D eigenvalue weighted by atomic mass is 35.5. The maximum atomic E-state index is 12.7. The molecule has 2 aromatic heterocycles. The Labute approximate surface area is 160 Å². The molecule has 1 N–H and O–H groups in total. The van der Waals surface area contributed by atoms with Gasteiger partial charge < -0.3 is 0 Å². The van der Waals surface area contributed by atoms with Gasteiger partial charge in [0.2, 0.25) is 5.13 Å². The number of aromatic nitrogens is 2. The number of rotatable bonds is 4. The Kier molecular flexibility index (Phi) is 5.45. The van der Waals surface area contributed by atoms with Crippen LogP contribution in [0.3, 0.4) is 0 Å². The molecule has 0 radical (unpaired) electrons. The van der Waals surface area contributed by atoms with E-state index >= 15 is 0 Å². The molecule has 3 aromatic rings. The number of hydrazone groups is 1. The zero-order valence-corrected chi connectivity index (χ0v) is 15.1. The summed E-state index contributed by atoms with van der Waals surface area (Å²) >= 11 is 12.9. The minimum Gasteiger partial charge on any atom is -0.253 e. The standard InChI is InChI=1S/C16H9Cl2F3N4S/c17-11-3-1-9(2-4-11)6-23-25-15-24-13(8-26-15)14-12(18)5-10(7-22-14)16(19,20)21/h1-8H,(H,24,25)/b23-6-. The second-order valence-corrected chi connectivity index (χ2v) is 6.71. The third kappa shape index (κ3) is 4.51. The van der Waals surface area contributed by atoms with Crippen molar-refractivity contribution in [3.8, 4) is 11.4 Å². The molecule has 0 spiro atoms. The summed E-state index contributed by atoms with van der Waals surface area (Å²) in [6, 6.07) is 7.90. The van der Waals surface area contributed by atoms with Crippen molar-refractivity contribution in [3.05, 3.63) is 63.1 Å². The molecule has 0 unspecified atom stereocenters. The molecule has 134 valence electrons. The van der Waals surface area contributed by atoms with Crippen molar-refractivity contribution in [2.45, 2.75) is 6.18 Å². The third-order valence-electron chi connectivity index (χ3n) is 3.16. The molecule has 4 nitrogen and oxygen atoms in total. The van der Waals surface area contributed by atoms with E-state index in [1.54, 1.807) is 35.9 Å². The lowest BCUT2D eigenvalue weighted by Crippen LogP contribution is -2.05. The Hall–Kier alpha value is -2.16. The van der Waals surface area contributed by atoms with Crippen LogP contribution in [-0.4, -0.2) is 16.2 Å². The Bertz CT molecular complexity index is 939. The average molecular weight is 417 g/mol. The van der Waals surface area contributed by atoms with Crippen LogP contribution in [0.25, 0.3) is 11.4 Å². The minimum atomic E-state index is -4.50. The van der Waals surface area contributed by atoms with Gasteiger partial charge in [-0.3, -0.25) is 10.4 Å². The highest BCUT2D eigenvalue weighted by Gasteiger charge is 2.31. The number of nitrogens with zero attached hydrogens (tertiary/aromatic N) is 3. The van der Waals surface area contributed by atoms with E-state index < -0.39 is 11.7 Å². The number of pyridine rings is 1. The fraction of sp³-hybridized carbons (Fsp3) is 0.0625. The molecular weight excluding hydrogens is 408 g/mol. The number of nitrogens with one attached hydrogen (secondary N) is 1. The third-order valence-corrected chi connectivity index (χ3v) is 4.45. The van der Waals surface area contributed by atoms with Gasteiger partial charge in [-0.05, 0) is 23.8 Å². The first-order chi connectivity index (χ1) is 12.3. The zero-order chi connectivity index (χ0) is 18.7. The summed E-state index contributed by atoms with van der Waals surface area (Å²) in [6.07, 6.45) is -2.19. The minimum absolute atomic E-state index is 0.124. The Balaban J connectivity index is 1.72. The van der Waals surface area contributed by atoms with Gasteiger partial charge in [-0.2, -0.15) is 18.3 Å². The highest BCUT2D eigenvalue weighted by Crippen LogP contribution is 2.34. The van der Waals surface area contributed by atoms with Gasteiger partial charge >= 0.3 is 6.18 Å². The second-order valence-electron chi connectivity index (χ2n) is 5.01. The van der Waals surface area contributed by atoms with E-state index in [0.29, 0.717) is 15.8 Å². The molecular formula is C16H9Cl2F3N4S. The Morgan fingerprint density at radius 2 is 1.88 bits per heavy atom. The number of hydrogen-bond acceptors (Lipinski definition) is 5. The number of benzene rings is 1. The number of halogens is 5. The summed E-state index contributed by atoms with van der Waals surface area (Å²) in [4.78, 5) is 8.00. The summed E-state index contributed by atoms with van der Waals surface area (Å²) in [5.41, 5.74) is 3.21. The molecule has 0 aliphatic rings. The van der Waals surface area contributed by atoms with E-state index in [4.69, 9.17) is 23.2 Å². The largest absolute Gasteiger partial charge is 0.417 e. The van der Waals surface area contributed by atoms with E-state index in [1.165, 1.54) is 11.3 Å². The van der Waals surface area contributed by atoms with Crippen molar-refractivity contribution in [2.24, 2.45) is 5.10 Å². The summed E-state index contributed by atoms with van der Waals surface area (Å²) < 4.78 is 38.0. The smallest absolute Gasteiger partial charge is 0.253 e. The zero-order valence-electron chi connectivity index (χ0n) is 12.8. The fourth-order valence-corrected chi connectivity index (χ4v) is 2.96. The van der Waals surface area contributed by atoms with Crippen molar-refractivity contribution >= 4 is 45.9 Å². The summed E-state index contributed by atoms with van der Waals surface area (Å²) in [5.74, 6) is 0. The number of thiazole rings is 1. The molecule has 1 aromatic carbocycles. The van der Waals surface area contributed by atoms with E-state index in [-0.39, 0.29) is 10.7 Å². The van der Waals surface area contributed by atoms with Crippen molar-refractivity contribution in [2.75, 3.05) is 5.43 Å². The Morgan fingerprint density at radius 1 is 1.15 bits per heavy atom. The average Bonchev–Trinajstić information content (AvgIpc) is 3.04. The first-order valence-corrected chi connectivity index (χ1v) is 8.70. The van der Waals surface area contributed by atoms with Crippen LogP contribution in [-0.2, 0) is 6.18 Å². The number of hydrogen-bond donors (Lipinski definition) is 1. The van der Waals surface area contributed by atoms with Crippen LogP contribution in [0.2, 0.25) is 10.0 Å². The van der Waals surface area contributed by atoms with Crippen molar-refractivity contribution in [1.29, 1.82) is 0 Å². The maximum Gasteiger partial charge on any atom is 0.417 e. The lowest BCUT2D eigenvalue weighted by atomic mass is 10.2. The highest BCUT2D eigenvalue weighted by molar-refractivity contribution is 7.14. The Morgan fingerprint density at radius 3 is 2.54 bits per heavy atom. The molecule has 0 saturated carbocycles. The van der Waals surface area contributed by atoms with Gasteiger partial charge in [0.25, 0.3) is 0 Å². The summed E-state index contributed by atoms with van der Waals surface area (Å²) in [5, 5.41) is 6.62. The quantitative estimate of drug-likeness (QED) is 0.420. The van der Waals surface area contributed by atoms with Gasteiger partial charge in [-0.25, -0.2) is 4.98 Å². The number of alkyl halides is 3. The molecule has 2 heterocycles. The molecule has 3 rings (SSSR count). The molecule has 0 fully saturated rings. The van der Waals surface area contributed by atoms with Gasteiger partial charge in [-0.1, -0.05) is 35.3 Å². The van der Waals surface area contributed by atoms with Crippen LogP contribution in [0.1, 0.15) is 11.1 Å². The molecule has 0 aliphatic carbocycles. The van der Waals surface area contributed by atoms with Crippen LogP contribution in [0.4, 0.5) is 18.3 Å². The number of anilines is 1. The van der Waals surface area contributed by atoms with Crippen molar-refractivity contribution in [1.82, 2.24) is 9.97 Å². The summed E-state index contributed by atoms with van der Waals surface area (Å²) in [6.45, 7) is 0. The SMILES string of the molecule is FC(F)(F)c1cnc(-c2csc(N/N=C\c3ccc(Cl)cc3)n2)c(Cl)c1. The van der Waals surface area contributed by atoms with Gasteiger partial charge in [0, 0.05) is 16.6 Å². The molecule has 0 aliphatic heterocycles. The summed E-state index contributed by atoms with van der Waals surface area (Å²) in [7, 11) is 0. The molecule has 10 heteroatoms. The predicted octanol–water partition coefficient (Wildman–Crippen LogP) is 5.98. The van der Waals surface area contributed by atoms with Crippen LogP contribution < -0.4 is 5.43 Å². The van der Waals surface area contributed by atoms with E-state index in [2.05, 4.69) is 20.5 Å². The van der Waals surface area contributed by atoms with E-state index in [1.807, 2.05) is 0 Å². The fourth-order valence-electron chi connectivity index (χ4n) is 1.93. The van der Waals surface area contributed by atoms with Gasteiger partial charge in [0.15, 0.2) is 0 Å². The molecule has 0 saturated heterocycles. The van der Waals surface area contributed by atoms with E-state index in [9.17, 15) is 13.2 Å². The topological polar surface area (TPSA) is 50.2 Å². The first kappa shape index (κ1) is 18.6.